The summed E-state index contributed by atoms with van der Waals surface area (Å²) in [7, 11) is 1.68. The predicted octanol–water partition coefficient (Wildman–Crippen LogP) is 3.98. The second-order valence-electron chi connectivity index (χ2n) is 7.63. The zero-order valence-corrected chi connectivity index (χ0v) is 15.3. The number of H-pyrrole nitrogens is 1. The van der Waals surface area contributed by atoms with E-state index in [1.54, 1.807) is 7.11 Å². The van der Waals surface area contributed by atoms with Crippen LogP contribution in [-0.2, 0) is 19.3 Å². The van der Waals surface area contributed by atoms with Crippen LogP contribution in [0.15, 0.2) is 24.4 Å². The molecular weight excluding hydrogens is 326 g/mol. The molecule has 4 rings (SSSR count). The highest BCUT2D eigenvalue weighted by Crippen LogP contribution is 2.39. The lowest BCUT2D eigenvalue weighted by atomic mass is 9.71. The van der Waals surface area contributed by atoms with Crippen molar-refractivity contribution in [2.24, 2.45) is 5.41 Å². The van der Waals surface area contributed by atoms with Crippen molar-refractivity contribution in [3.05, 3.63) is 41.2 Å². The number of nitrogens with zero attached hydrogens (tertiary/aromatic N) is 2. The van der Waals surface area contributed by atoms with E-state index in [1.807, 2.05) is 12.3 Å². The summed E-state index contributed by atoms with van der Waals surface area (Å²) in [4.78, 5) is 0. The Morgan fingerprint density at radius 1 is 1.31 bits per heavy atom. The summed E-state index contributed by atoms with van der Waals surface area (Å²) in [6.45, 7) is 0. The summed E-state index contributed by atoms with van der Waals surface area (Å²) in [6.07, 6.45) is 10.0. The molecule has 2 aliphatic carbocycles. The van der Waals surface area contributed by atoms with Crippen LogP contribution in [0.4, 0.5) is 0 Å². The second kappa shape index (κ2) is 7.03. The number of aryl methyl sites for hydroxylation is 1. The number of rotatable bonds is 5. The number of methoxy groups -OCH3 is 1. The van der Waals surface area contributed by atoms with Crippen LogP contribution in [0.5, 0.6) is 11.5 Å². The van der Waals surface area contributed by atoms with Gasteiger partial charge in [0.15, 0.2) is 11.5 Å². The Morgan fingerprint density at radius 3 is 2.92 bits per heavy atom. The third kappa shape index (κ3) is 3.29. The van der Waals surface area contributed by atoms with Crippen molar-refractivity contribution in [2.45, 2.75) is 57.5 Å². The lowest BCUT2D eigenvalue weighted by molar-refractivity contribution is 0.200. The Hall–Kier alpha value is -2.48. The maximum absolute atomic E-state index is 9.93. The number of benzene rings is 1. The molecule has 1 heterocycles. The molecule has 1 unspecified atom stereocenters. The summed E-state index contributed by atoms with van der Waals surface area (Å²) in [6, 6.07) is 8.70. The smallest absolute Gasteiger partial charge is 0.161 e. The molecule has 0 spiro atoms. The van der Waals surface area contributed by atoms with Crippen LogP contribution in [-0.4, -0.2) is 23.4 Å². The van der Waals surface area contributed by atoms with Gasteiger partial charge in [-0.05, 0) is 74.6 Å². The van der Waals surface area contributed by atoms with E-state index in [9.17, 15) is 5.26 Å². The van der Waals surface area contributed by atoms with Gasteiger partial charge in [0.25, 0.3) is 0 Å². The number of nitriles is 1. The minimum absolute atomic E-state index is 0.284. The number of aromatic amines is 1. The summed E-state index contributed by atoms with van der Waals surface area (Å²) in [5.74, 6) is 1.58. The van der Waals surface area contributed by atoms with Gasteiger partial charge in [0, 0.05) is 5.69 Å². The molecule has 26 heavy (non-hydrogen) atoms. The number of aromatic nitrogens is 2. The first kappa shape index (κ1) is 17.0. The highest BCUT2D eigenvalue weighted by atomic mass is 16.5. The van der Waals surface area contributed by atoms with Gasteiger partial charge in [0.1, 0.15) is 0 Å². The summed E-state index contributed by atoms with van der Waals surface area (Å²) in [5.41, 5.74) is 3.10. The van der Waals surface area contributed by atoms with Crippen molar-refractivity contribution >= 4 is 0 Å². The molecule has 0 saturated heterocycles. The zero-order chi connectivity index (χ0) is 18.0. The topological polar surface area (TPSA) is 70.9 Å². The number of fused-ring (bicyclic) bond motifs is 1. The van der Waals surface area contributed by atoms with Gasteiger partial charge in [-0.1, -0.05) is 6.07 Å². The molecule has 2 aromatic rings. The van der Waals surface area contributed by atoms with Gasteiger partial charge in [-0.3, -0.25) is 5.10 Å². The zero-order valence-electron chi connectivity index (χ0n) is 15.3. The molecule has 1 saturated carbocycles. The minimum Gasteiger partial charge on any atom is -0.493 e. The van der Waals surface area contributed by atoms with E-state index in [2.05, 4.69) is 28.4 Å². The highest BCUT2D eigenvalue weighted by Gasteiger charge is 2.36. The van der Waals surface area contributed by atoms with E-state index in [0.717, 1.165) is 55.6 Å². The van der Waals surface area contributed by atoms with Gasteiger partial charge in [-0.25, -0.2) is 0 Å². The van der Waals surface area contributed by atoms with Crippen LogP contribution in [0.3, 0.4) is 0 Å². The maximum Gasteiger partial charge on any atom is 0.161 e. The van der Waals surface area contributed by atoms with Crippen molar-refractivity contribution in [1.82, 2.24) is 10.2 Å². The number of ether oxygens (including phenoxy) is 2. The Labute approximate surface area is 154 Å². The van der Waals surface area contributed by atoms with Crippen LogP contribution in [0, 0.1) is 16.7 Å². The SMILES string of the molecule is COc1ccc(CC2(C#N)CCc3[nH]ncc3C2)cc1OC1CCCC1. The van der Waals surface area contributed by atoms with E-state index in [4.69, 9.17) is 9.47 Å². The monoisotopic (exact) mass is 351 g/mol. The first-order chi connectivity index (χ1) is 12.7. The van der Waals surface area contributed by atoms with Crippen molar-refractivity contribution in [2.75, 3.05) is 7.11 Å². The molecule has 0 amide bonds. The summed E-state index contributed by atoms with van der Waals surface area (Å²) >= 11 is 0. The highest BCUT2D eigenvalue weighted by molar-refractivity contribution is 5.44. The lowest BCUT2D eigenvalue weighted by Crippen LogP contribution is -2.29. The molecular formula is C21H25N3O2. The average molecular weight is 351 g/mol. The van der Waals surface area contributed by atoms with Gasteiger partial charge >= 0.3 is 0 Å². The fourth-order valence-corrected chi connectivity index (χ4v) is 4.31. The molecule has 0 bridgehead atoms. The second-order valence-corrected chi connectivity index (χ2v) is 7.63. The fourth-order valence-electron chi connectivity index (χ4n) is 4.31. The Balaban J connectivity index is 1.56. The van der Waals surface area contributed by atoms with Gasteiger partial charge in [0.05, 0.1) is 30.9 Å². The average Bonchev–Trinajstić information content (AvgIpc) is 3.33. The number of hydrogen-bond acceptors (Lipinski definition) is 4. The quantitative estimate of drug-likeness (QED) is 0.884. The normalized spacial score (nSPS) is 22.6. The van der Waals surface area contributed by atoms with Gasteiger partial charge in [-0.2, -0.15) is 10.4 Å². The van der Waals surface area contributed by atoms with Crippen LogP contribution in [0.25, 0.3) is 0 Å². The van der Waals surface area contributed by atoms with Gasteiger partial charge in [0.2, 0.25) is 0 Å². The molecule has 1 aromatic heterocycles. The Morgan fingerprint density at radius 2 is 2.15 bits per heavy atom. The third-order valence-electron chi connectivity index (χ3n) is 5.79. The van der Waals surface area contributed by atoms with E-state index in [0.29, 0.717) is 0 Å². The summed E-state index contributed by atoms with van der Waals surface area (Å²) < 4.78 is 11.7. The van der Waals surface area contributed by atoms with E-state index in [-0.39, 0.29) is 11.5 Å². The predicted molar refractivity (Wildman–Crippen MR) is 98.2 cm³/mol. The molecule has 0 aliphatic heterocycles. The third-order valence-corrected chi connectivity index (χ3v) is 5.79. The molecule has 5 nitrogen and oxygen atoms in total. The molecule has 1 N–H and O–H groups in total. The number of hydrogen-bond donors (Lipinski definition) is 1. The maximum atomic E-state index is 9.93. The standard InChI is InChI=1S/C21H25N3O2/c1-25-19-7-6-15(10-20(19)26-17-4-2-3-5-17)11-21(14-22)9-8-18-16(12-21)13-23-24-18/h6-7,10,13,17H,2-5,8-9,11-12H2,1H3,(H,23,24). The molecule has 1 atom stereocenters. The van der Waals surface area contributed by atoms with E-state index < -0.39 is 0 Å². The van der Waals surface area contributed by atoms with Crippen molar-refractivity contribution < 1.29 is 9.47 Å². The van der Waals surface area contributed by atoms with E-state index >= 15 is 0 Å². The first-order valence-electron chi connectivity index (χ1n) is 9.47. The fraction of sp³-hybridized carbons (Fsp3) is 0.524. The molecule has 2 aliphatic rings. The molecule has 1 fully saturated rings. The molecule has 0 radical (unpaired) electrons. The van der Waals surface area contributed by atoms with Crippen molar-refractivity contribution in [3.63, 3.8) is 0 Å². The summed E-state index contributed by atoms with van der Waals surface area (Å²) in [5, 5.41) is 17.1. The largest absolute Gasteiger partial charge is 0.493 e. The molecule has 136 valence electrons. The lowest BCUT2D eigenvalue weighted by Gasteiger charge is -2.30. The van der Waals surface area contributed by atoms with Crippen LogP contribution >= 0.6 is 0 Å². The van der Waals surface area contributed by atoms with Crippen LogP contribution in [0.2, 0.25) is 0 Å². The Bertz CT molecular complexity index is 817. The van der Waals surface area contributed by atoms with Crippen molar-refractivity contribution in [1.29, 1.82) is 5.26 Å². The minimum atomic E-state index is -0.379. The van der Waals surface area contributed by atoms with Crippen molar-refractivity contribution in [3.8, 4) is 17.6 Å². The molecule has 5 heteroatoms. The first-order valence-corrected chi connectivity index (χ1v) is 9.47. The molecule has 1 aromatic carbocycles. The van der Waals surface area contributed by atoms with Gasteiger partial charge < -0.3 is 9.47 Å². The van der Waals surface area contributed by atoms with Gasteiger partial charge in [-0.15, -0.1) is 0 Å². The number of nitrogens with one attached hydrogen (secondary N) is 1. The van der Waals surface area contributed by atoms with Crippen LogP contribution in [0.1, 0.15) is 48.9 Å². The van der Waals surface area contributed by atoms with Crippen LogP contribution < -0.4 is 9.47 Å². The Kier molecular flexibility index (Phi) is 4.58. The van der Waals surface area contributed by atoms with E-state index in [1.165, 1.54) is 24.1 Å².